The van der Waals surface area contributed by atoms with Gasteiger partial charge in [-0.25, -0.2) is 0 Å². The third-order valence-electron chi connectivity index (χ3n) is 5.77. The molecule has 3 heterocycles. The topological polar surface area (TPSA) is 70.2 Å². The molecule has 0 N–H and O–H groups in total. The molecular formula is C26H23ClN6OS. The molecule has 5 rings (SSSR count). The predicted molar refractivity (Wildman–Crippen MR) is 141 cm³/mol. The first-order chi connectivity index (χ1) is 17.2. The van der Waals surface area contributed by atoms with E-state index in [9.17, 15) is 5.26 Å². The number of ether oxygens (including phenoxy) is 1. The van der Waals surface area contributed by atoms with Gasteiger partial charge >= 0.3 is 0 Å². The summed E-state index contributed by atoms with van der Waals surface area (Å²) >= 11 is 7.60. The van der Waals surface area contributed by atoms with Gasteiger partial charge in [0, 0.05) is 30.1 Å². The zero-order chi connectivity index (χ0) is 24.2. The molecule has 7 nitrogen and oxygen atoms in total. The lowest BCUT2D eigenvalue weighted by atomic mass is 10.1. The standard InChI is InChI=1S/C26H23ClN6OS/c1-2-12-32-23(19-8-10-20(27)11-9-19)18-35-25(32)22(17-28)24-29-30-26(31-13-15-34-16-14-31)33(24)21-6-4-3-5-7-21/h2-11,18H,1,12-16H2/b25-22-. The Balaban J connectivity index is 1.63. The summed E-state index contributed by atoms with van der Waals surface area (Å²) in [4.78, 5) is 4.23. The Bertz CT molecular complexity index is 1320. The van der Waals surface area contributed by atoms with E-state index in [1.54, 1.807) is 0 Å². The molecule has 176 valence electrons. The van der Waals surface area contributed by atoms with Crippen LogP contribution in [-0.2, 0) is 4.74 Å². The second-order valence-corrected chi connectivity index (χ2v) is 9.21. The average Bonchev–Trinajstić information content (AvgIpc) is 3.52. The van der Waals surface area contributed by atoms with Gasteiger partial charge in [0.25, 0.3) is 0 Å². The molecule has 2 aromatic carbocycles. The summed E-state index contributed by atoms with van der Waals surface area (Å²) in [6.45, 7) is 7.15. The van der Waals surface area contributed by atoms with Crippen molar-refractivity contribution in [2.45, 2.75) is 0 Å². The lowest BCUT2D eigenvalue weighted by Gasteiger charge is -2.28. The Morgan fingerprint density at radius 1 is 1.11 bits per heavy atom. The second kappa shape index (κ2) is 10.4. The summed E-state index contributed by atoms with van der Waals surface area (Å²) < 4.78 is 7.49. The van der Waals surface area contributed by atoms with Crippen molar-refractivity contribution in [3.8, 4) is 11.8 Å². The molecule has 9 heteroatoms. The summed E-state index contributed by atoms with van der Waals surface area (Å²) in [6.07, 6.45) is 1.83. The van der Waals surface area contributed by atoms with Crippen molar-refractivity contribution in [3.05, 3.63) is 94.1 Å². The molecular weight excluding hydrogens is 480 g/mol. The number of nitriles is 1. The summed E-state index contributed by atoms with van der Waals surface area (Å²) in [6, 6.07) is 20.0. The van der Waals surface area contributed by atoms with Crippen LogP contribution in [0.1, 0.15) is 11.4 Å². The van der Waals surface area contributed by atoms with Crippen LogP contribution in [0, 0.1) is 11.3 Å². The normalized spacial score (nSPS) is 17.2. The molecule has 0 atom stereocenters. The van der Waals surface area contributed by atoms with Crippen molar-refractivity contribution in [2.75, 3.05) is 37.7 Å². The van der Waals surface area contributed by atoms with Crippen LogP contribution in [0.3, 0.4) is 0 Å². The fourth-order valence-corrected chi connectivity index (χ4v) is 5.28. The second-order valence-electron chi connectivity index (χ2n) is 7.91. The molecule has 0 saturated carbocycles. The minimum absolute atomic E-state index is 0.452. The van der Waals surface area contributed by atoms with Crippen LogP contribution in [0.4, 0.5) is 5.95 Å². The molecule has 0 radical (unpaired) electrons. The zero-order valence-electron chi connectivity index (χ0n) is 19.0. The minimum atomic E-state index is 0.452. The van der Waals surface area contributed by atoms with E-state index in [1.807, 2.05) is 70.6 Å². The Labute approximate surface area is 213 Å². The molecule has 1 fully saturated rings. The fraction of sp³-hybridized carbons (Fsp3) is 0.192. The molecule has 0 spiro atoms. The van der Waals surface area contributed by atoms with Gasteiger partial charge in [-0.3, -0.25) is 4.57 Å². The van der Waals surface area contributed by atoms with Crippen LogP contribution in [0.15, 0.2) is 77.7 Å². The summed E-state index contributed by atoms with van der Waals surface area (Å²) in [7, 11) is 0. The Morgan fingerprint density at radius 2 is 1.86 bits per heavy atom. The van der Waals surface area contributed by atoms with Crippen molar-refractivity contribution < 1.29 is 4.74 Å². The predicted octanol–water partition coefficient (Wildman–Crippen LogP) is 5.18. The average molecular weight is 503 g/mol. The van der Waals surface area contributed by atoms with Crippen LogP contribution in [-0.4, -0.2) is 52.5 Å². The van der Waals surface area contributed by atoms with Crippen molar-refractivity contribution in [1.29, 1.82) is 5.26 Å². The van der Waals surface area contributed by atoms with Crippen molar-refractivity contribution in [1.82, 2.24) is 19.7 Å². The number of benzene rings is 2. The lowest BCUT2D eigenvalue weighted by Crippen LogP contribution is -2.38. The van der Waals surface area contributed by atoms with E-state index < -0.39 is 0 Å². The first-order valence-electron chi connectivity index (χ1n) is 11.2. The lowest BCUT2D eigenvalue weighted by molar-refractivity contribution is 0.122. The molecule has 1 aromatic heterocycles. The highest BCUT2D eigenvalue weighted by Crippen LogP contribution is 2.43. The van der Waals surface area contributed by atoms with Crippen LogP contribution in [0.25, 0.3) is 17.0 Å². The maximum atomic E-state index is 10.4. The van der Waals surface area contributed by atoms with E-state index in [0.717, 1.165) is 22.0 Å². The summed E-state index contributed by atoms with van der Waals surface area (Å²) in [5.41, 5.74) is 3.34. The van der Waals surface area contributed by atoms with Crippen molar-refractivity contribution in [2.24, 2.45) is 0 Å². The third kappa shape index (κ3) is 4.58. The SMILES string of the molecule is C=CCN1C(c2ccc(Cl)cc2)=CS/C1=C(/C#N)c1nnc(N2CCOCC2)n1-c1ccccc1. The van der Waals surface area contributed by atoms with Crippen LogP contribution >= 0.6 is 23.4 Å². The molecule has 0 bridgehead atoms. The largest absolute Gasteiger partial charge is 0.378 e. The number of morpholine rings is 1. The number of aromatic nitrogens is 3. The van der Waals surface area contributed by atoms with Gasteiger partial charge in [-0.15, -0.1) is 16.8 Å². The number of hydrogen-bond donors (Lipinski definition) is 0. The Hall–Kier alpha value is -3.51. The van der Waals surface area contributed by atoms with Gasteiger partial charge in [0.15, 0.2) is 5.82 Å². The molecule has 0 unspecified atom stereocenters. The highest BCUT2D eigenvalue weighted by Gasteiger charge is 2.30. The van der Waals surface area contributed by atoms with Crippen LogP contribution in [0.2, 0.25) is 5.02 Å². The van der Waals surface area contributed by atoms with E-state index in [1.165, 1.54) is 11.8 Å². The molecule has 0 amide bonds. The van der Waals surface area contributed by atoms with E-state index >= 15 is 0 Å². The van der Waals surface area contributed by atoms with Gasteiger partial charge in [-0.1, -0.05) is 59.8 Å². The fourth-order valence-electron chi connectivity index (χ4n) is 4.11. The molecule has 3 aromatic rings. The first-order valence-corrected chi connectivity index (χ1v) is 12.5. The Kier molecular flexibility index (Phi) is 6.91. The van der Waals surface area contributed by atoms with Gasteiger partial charge in [-0.05, 0) is 29.8 Å². The highest BCUT2D eigenvalue weighted by molar-refractivity contribution is 8.06. The number of thioether (sulfide) groups is 1. The van der Waals surface area contributed by atoms with Crippen molar-refractivity contribution >= 4 is 40.6 Å². The molecule has 0 aliphatic carbocycles. The molecule has 35 heavy (non-hydrogen) atoms. The maximum absolute atomic E-state index is 10.4. The number of rotatable bonds is 6. The molecule has 2 aliphatic heterocycles. The third-order valence-corrected chi connectivity index (χ3v) is 7.01. The highest BCUT2D eigenvalue weighted by atomic mass is 35.5. The molecule has 2 aliphatic rings. The van der Waals surface area contributed by atoms with E-state index in [0.29, 0.717) is 55.2 Å². The molecule has 1 saturated heterocycles. The zero-order valence-corrected chi connectivity index (χ0v) is 20.5. The summed E-state index contributed by atoms with van der Waals surface area (Å²) in [5.74, 6) is 1.20. The van der Waals surface area contributed by atoms with Crippen LogP contribution in [0.5, 0.6) is 0 Å². The van der Waals surface area contributed by atoms with Gasteiger partial charge in [0.05, 0.1) is 24.6 Å². The number of halogens is 1. The van der Waals surface area contributed by atoms with Gasteiger partial charge < -0.3 is 14.5 Å². The van der Waals surface area contributed by atoms with E-state index in [4.69, 9.17) is 16.3 Å². The maximum Gasteiger partial charge on any atom is 0.232 e. The van der Waals surface area contributed by atoms with Crippen LogP contribution < -0.4 is 4.90 Å². The Morgan fingerprint density at radius 3 is 2.54 bits per heavy atom. The minimum Gasteiger partial charge on any atom is -0.378 e. The van der Waals surface area contributed by atoms with Gasteiger partial charge in [0.2, 0.25) is 5.95 Å². The number of hydrogen-bond acceptors (Lipinski definition) is 7. The first kappa shape index (κ1) is 23.2. The van der Waals surface area contributed by atoms with E-state index in [-0.39, 0.29) is 0 Å². The quantitative estimate of drug-likeness (QED) is 0.339. The smallest absolute Gasteiger partial charge is 0.232 e. The number of allylic oxidation sites excluding steroid dienone is 1. The van der Waals surface area contributed by atoms with Crippen molar-refractivity contribution in [3.63, 3.8) is 0 Å². The number of para-hydroxylation sites is 1. The number of anilines is 1. The van der Waals surface area contributed by atoms with Gasteiger partial charge in [-0.2, -0.15) is 5.26 Å². The van der Waals surface area contributed by atoms with E-state index in [2.05, 4.69) is 32.6 Å². The monoisotopic (exact) mass is 502 g/mol. The number of nitrogens with zero attached hydrogens (tertiary/aromatic N) is 6. The van der Waals surface area contributed by atoms with Gasteiger partial charge in [0.1, 0.15) is 16.7 Å². The summed E-state index contributed by atoms with van der Waals surface area (Å²) in [5, 5.41) is 23.0.